The molecule has 12 heteroatoms. The van der Waals surface area contributed by atoms with Crippen LogP contribution in [-0.4, -0.2) is 70.9 Å². The molecule has 6 nitrogen and oxygen atoms in total. The molecule has 0 aliphatic carbocycles. The van der Waals surface area contributed by atoms with Crippen molar-refractivity contribution in [3.8, 4) is 0 Å². The number of halogens is 6. The first kappa shape index (κ1) is 33.8. The molecule has 51 heavy (non-hydrogen) atoms. The lowest BCUT2D eigenvalue weighted by Gasteiger charge is -2.56. The van der Waals surface area contributed by atoms with Gasteiger partial charge in [0.1, 0.15) is 6.29 Å². The lowest BCUT2D eigenvalue weighted by molar-refractivity contribution is -0.989. The lowest BCUT2D eigenvalue weighted by atomic mass is 9.71. The molecule has 7 unspecified atom stereocenters. The summed E-state index contributed by atoms with van der Waals surface area (Å²) in [4.78, 5) is 30.9. The van der Waals surface area contributed by atoms with Crippen molar-refractivity contribution in [1.82, 2.24) is 15.1 Å². The summed E-state index contributed by atoms with van der Waals surface area (Å²) < 4.78 is 83.7. The Hall–Kier alpha value is -4.32. The van der Waals surface area contributed by atoms with Crippen LogP contribution in [0.3, 0.4) is 0 Å². The minimum atomic E-state index is -5.07. The van der Waals surface area contributed by atoms with Gasteiger partial charge >= 0.3 is 12.4 Å². The Bertz CT molecular complexity index is 1830. The van der Waals surface area contributed by atoms with Crippen LogP contribution in [0.25, 0.3) is 0 Å². The van der Waals surface area contributed by atoms with Crippen molar-refractivity contribution in [3.63, 3.8) is 0 Å². The van der Waals surface area contributed by atoms with E-state index in [9.17, 15) is 35.9 Å². The van der Waals surface area contributed by atoms with E-state index < -0.39 is 46.5 Å². The normalized spacial score (nSPS) is 31.3. The second-order valence-electron chi connectivity index (χ2n) is 14.8. The fourth-order valence-corrected chi connectivity index (χ4v) is 10.6. The molecule has 5 aliphatic rings. The van der Waals surface area contributed by atoms with Crippen molar-refractivity contribution in [2.24, 2.45) is 11.8 Å². The van der Waals surface area contributed by atoms with Crippen molar-refractivity contribution in [2.45, 2.75) is 68.2 Å². The predicted molar refractivity (Wildman–Crippen MR) is 177 cm³/mol. The molecule has 3 aromatic rings. The highest BCUT2D eigenvalue weighted by atomic mass is 19.4. The van der Waals surface area contributed by atoms with Gasteiger partial charge in [-0.3, -0.25) is 4.79 Å². The van der Waals surface area contributed by atoms with E-state index in [1.54, 1.807) is 0 Å². The van der Waals surface area contributed by atoms with Crippen LogP contribution in [0.2, 0.25) is 0 Å². The Kier molecular flexibility index (Phi) is 8.04. The van der Waals surface area contributed by atoms with Crippen LogP contribution in [0.1, 0.15) is 57.4 Å². The molecule has 3 aromatic carbocycles. The van der Waals surface area contributed by atoms with Crippen LogP contribution in [0.5, 0.6) is 0 Å². The minimum Gasteiger partial charge on any atom is -0.365 e. The van der Waals surface area contributed by atoms with Crippen LogP contribution < -0.4 is 5.32 Å². The Labute approximate surface area is 292 Å². The van der Waals surface area contributed by atoms with Gasteiger partial charge in [-0.25, -0.2) is 0 Å². The van der Waals surface area contributed by atoms with E-state index in [1.807, 2.05) is 36.5 Å². The number of fused-ring (bicyclic) bond motifs is 2. The van der Waals surface area contributed by atoms with E-state index in [4.69, 9.17) is 0 Å². The molecular weight excluding hydrogens is 670 g/mol. The highest BCUT2D eigenvalue weighted by molar-refractivity contribution is 5.95. The summed E-state index contributed by atoms with van der Waals surface area (Å²) in [6.45, 7) is 2.43. The summed E-state index contributed by atoms with van der Waals surface area (Å²) in [6.07, 6.45) is -2.01. The van der Waals surface area contributed by atoms with Crippen molar-refractivity contribution < 1.29 is 40.4 Å². The molecule has 1 spiro atoms. The van der Waals surface area contributed by atoms with Crippen molar-refractivity contribution in [2.75, 3.05) is 26.2 Å². The molecule has 0 saturated carbocycles. The Morgan fingerprint density at radius 3 is 2.33 bits per heavy atom. The third-order valence-corrected chi connectivity index (χ3v) is 12.5. The molecular formula is C39H39F6N4O2+. The van der Waals surface area contributed by atoms with E-state index in [2.05, 4.69) is 40.7 Å². The molecule has 7 atom stereocenters. The quantitative estimate of drug-likeness (QED) is 0.181. The number of piperidine rings is 2. The maximum Gasteiger partial charge on any atom is 0.416 e. The van der Waals surface area contributed by atoms with Gasteiger partial charge in [-0.05, 0) is 42.2 Å². The zero-order valence-corrected chi connectivity index (χ0v) is 27.8. The third kappa shape index (κ3) is 5.26. The molecule has 1 amide bonds. The molecule has 3 fully saturated rings. The van der Waals surface area contributed by atoms with Crippen LogP contribution in [-0.2, 0) is 35.5 Å². The summed E-state index contributed by atoms with van der Waals surface area (Å²) in [5, 5.41) is 3.68. The molecule has 0 aromatic heterocycles. The molecule has 1 N–H and O–H groups in total. The number of likely N-dealkylation sites (tertiary alicyclic amines) is 1. The van der Waals surface area contributed by atoms with Gasteiger partial charge in [-0.1, -0.05) is 54.6 Å². The van der Waals surface area contributed by atoms with E-state index in [1.165, 1.54) is 16.0 Å². The fourth-order valence-electron chi connectivity index (χ4n) is 10.6. The number of hydrogen-bond acceptors (Lipinski definition) is 4. The number of rotatable bonds is 5. The van der Waals surface area contributed by atoms with Gasteiger partial charge in [0, 0.05) is 67.8 Å². The number of amides is 1. The Balaban J connectivity index is 1.22. The van der Waals surface area contributed by atoms with E-state index >= 15 is 0 Å². The maximum absolute atomic E-state index is 14.2. The zero-order chi connectivity index (χ0) is 35.8. The maximum atomic E-state index is 14.2. The number of hydrogen-bond donors (Lipinski definition) is 1. The second kappa shape index (κ2) is 12.1. The summed E-state index contributed by atoms with van der Waals surface area (Å²) in [5.74, 6) is -0.973. The van der Waals surface area contributed by atoms with Gasteiger partial charge in [-0.2, -0.15) is 26.3 Å². The summed E-state index contributed by atoms with van der Waals surface area (Å²) in [5.41, 5.74) is -0.734. The first-order chi connectivity index (χ1) is 24.4. The largest absolute Gasteiger partial charge is 0.416 e. The first-order valence-electron chi connectivity index (χ1n) is 17.6. The number of alkyl halides is 6. The average Bonchev–Trinajstić information content (AvgIpc) is 3.77. The van der Waals surface area contributed by atoms with Gasteiger partial charge < -0.3 is 24.4 Å². The smallest absolute Gasteiger partial charge is 0.365 e. The number of carbonyl (C=O) groups is 2. The van der Waals surface area contributed by atoms with Crippen LogP contribution in [0.15, 0.2) is 85.2 Å². The van der Waals surface area contributed by atoms with Crippen LogP contribution >= 0.6 is 0 Å². The van der Waals surface area contributed by atoms with Crippen molar-refractivity contribution in [3.05, 3.63) is 119 Å². The van der Waals surface area contributed by atoms with Gasteiger partial charge in [0.15, 0.2) is 11.7 Å². The summed E-state index contributed by atoms with van der Waals surface area (Å²) >= 11 is 0. The van der Waals surface area contributed by atoms with E-state index in [0.717, 1.165) is 37.8 Å². The number of carbonyl (C=O) groups excluding carboxylic acids is 2. The topological polar surface area (TPSA) is 52.7 Å². The Morgan fingerprint density at radius 2 is 1.63 bits per heavy atom. The van der Waals surface area contributed by atoms with E-state index in [0.29, 0.717) is 42.4 Å². The Morgan fingerprint density at radius 1 is 0.922 bits per heavy atom. The predicted octanol–water partition coefficient (Wildman–Crippen LogP) is 6.76. The van der Waals surface area contributed by atoms with Gasteiger partial charge in [-0.15, -0.1) is 0 Å². The van der Waals surface area contributed by atoms with Crippen molar-refractivity contribution in [1.29, 1.82) is 0 Å². The zero-order valence-electron chi connectivity index (χ0n) is 27.8. The number of aldehydes is 1. The average molecular weight is 710 g/mol. The van der Waals surface area contributed by atoms with Gasteiger partial charge in [0.05, 0.1) is 36.2 Å². The lowest BCUT2D eigenvalue weighted by Crippen LogP contribution is -2.72. The summed E-state index contributed by atoms with van der Waals surface area (Å²) in [7, 11) is 0. The first-order valence-corrected chi connectivity index (χ1v) is 17.6. The standard InChI is InChI=1S/C39H39F6N4O2/c40-38(41,42)29-19-27(20-30(21-29)39(43,44)45)35(51)48-15-11-32(22-31(48)18-25-6-2-1-3-7-25)49-17-12-34(28(23-49)24-50)37(49)33-9-5-4-8-26(33)10-14-47-16-13-46-36(37)47/h1-9,13,16,19-21,24,28,31-32,34,36,46H,10-12,14-15,17-18,22-23H2/q+1. The van der Waals surface area contributed by atoms with Gasteiger partial charge in [0.25, 0.3) is 5.91 Å². The number of nitrogens with one attached hydrogen (secondary N) is 1. The van der Waals surface area contributed by atoms with Crippen LogP contribution in [0.4, 0.5) is 26.3 Å². The third-order valence-electron chi connectivity index (χ3n) is 12.5. The van der Waals surface area contributed by atoms with Gasteiger partial charge in [0.2, 0.25) is 0 Å². The molecule has 0 radical (unpaired) electrons. The fraction of sp³-hybridized carbons (Fsp3) is 0.436. The monoisotopic (exact) mass is 709 g/mol. The molecule has 3 saturated heterocycles. The molecule has 5 heterocycles. The van der Waals surface area contributed by atoms with Crippen LogP contribution in [0, 0.1) is 11.8 Å². The minimum absolute atomic E-state index is 0.0274. The number of nitrogens with zero attached hydrogens (tertiary/aromatic N) is 3. The summed E-state index contributed by atoms with van der Waals surface area (Å²) in [6, 6.07) is 18.6. The molecule has 5 aliphatic heterocycles. The molecule has 8 rings (SSSR count). The SMILES string of the molecule is O=CC1C[N+]2(C3CCN(C(=O)c4cc(C(F)(F)F)cc(C(F)(F)F)c4)C(Cc4ccccc4)C3)CCC1C21c2ccccc2CCN2C=CNC21. The molecule has 268 valence electrons. The second-order valence-corrected chi connectivity index (χ2v) is 14.8. The van der Waals surface area contributed by atoms with Crippen molar-refractivity contribution >= 4 is 12.2 Å². The number of benzene rings is 3. The molecule has 2 bridgehead atoms. The van der Waals surface area contributed by atoms with E-state index in [-0.39, 0.29) is 36.7 Å². The highest BCUT2D eigenvalue weighted by Crippen LogP contribution is 2.64. The number of quaternary nitrogens is 1. The highest BCUT2D eigenvalue weighted by Gasteiger charge is 2.76.